The lowest BCUT2D eigenvalue weighted by Gasteiger charge is -2.33. The summed E-state index contributed by atoms with van der Waals surface area (Å²) in [5, 5.41) is 11.8. The summed E-state index contributed by atoms with van der Waals surface area (Å²) in [6.07, 6.45) is 3.89. The third-order valence-electron chi connectivity index (χ3n) is 5.91. The predicted molar refractivity (Wildman–Crippen MR) is 125 cm³/mol. The van der Waals surface area contributed by atoms with E-state index in [0.29, 0.717) is 5.92 Å². The number of hydrogen-bond acceptors (Lipinski definition) is 7. The number of nitrogens with zero attached hydrogens (tertiary/aromatic N) is 7. The monoisotopic (exact) mass is 433 g/mol. The van der Waals surface area contributed by atoms with Crippen LogP contribution in [-0.2, 0) is 13.6 Å². The van der Waals surface area contributed by atoms with Crippen LogP contribution >= 0.6 is 11.3 Å². The molecule has 160 valence electrons. The number of fused-ring (bicyclic) bond motifs is 1. The van der Waals surface area contributed by atoms with Gasteiger partial charge in [0.15, 0.2) is 0 Å². The number of hydrogen-bond donors (Lipinski definition) is 0. The van der Waals surface area contributed by atoms with Crippen LogP contribution in [0.5, 0.6) is 0 Å². The zero-order valence-electron chi connectivity index (χ0n) is 18.2. The molecule has 1 aliphatic heterocycles. The molecule has 0 amide bonds. The molecule has 0 aliphatic carbocycles. The zero-order valence-corrected chi connectivity index (χ0v) is 19.0. The molecular weight excluding hydrogens is 406 g/mol. The summed E-state index contributed by atoms with van der Waals surface area (Å²) < 4.78 is 2.05. The van der Waals surface area contributed by atoms with E-state index in [1.165, 1.54) is 16.5 Å². The van der Waals surface area contributed by atoms with Gasteiger partial charge in [-0.2, -0.15) is 0 Å². The smallest absolute Gasteiger partial charge is 0.146 e. The number of rotatable bonds is 5. The molecule has 7 nitrogen and oxygen atoms in total. The molecule has 4 aromatic rings. The first-order valence-corrected chi connectivity index (χ1v) is 11.5. The molecule has 1 saturated heterocycles. The highest BCUT2D eigenvalue weighted by molar-refractivity contribution is 7.17. The van der Waals surface area contributed by atoms with Gasteiger partial charge in [-0.05, 0) is 32.5 Å². The molecule has 1 aromatic carbocycles. The molecule has 0 radical (unpaired) electrons. The summed E-state index contributed by atoms with van der Waals surface area (Å²) in [5.41, 5.74) is 2.44. The second-order valence-electron chi connectivity index (χ2n) is 8.46. The number of aryl methyl sites for hydroxylation is 1. The summed E-state index contributed by atoms with van der Waals surface area (Å²) in [4.78, 5) is 15.6. The molecule has 1 aliphatic rings. The van der Waals surface area contributed by atoms with Gasteiger partial charge in [-0.15, -0.1) is 21.5 Å². The highest BCUT2D eigenvalue weighted by Gasteiger charge is 2.27. The van der Waals surface area contributed by atoms with Gasteiger partial charge in [-0.1, -0.05) is 30.3 Å². The van der Waals surface area contributed by atoms with Crippen LogP contribution in [0, 0.1) is 0 Å². The first-order chi connectivity index (χ1) is 15.1. The maximum atomic E-state index is 5.08. The zero-order chi connectivity index (χ0) is 21.4. The summed E-state index contributed by atoms with van der Waals surface area (Å²) in [5.74, 6) is 3.47. The van der Waals surface area contributed by atoms with Crippen molar-refractivity contribution in [1.82, 2.24) is 29.6 Å². The van der Waals surface area contributed by atoms with Crippen molar-refractivity contribution in [3.05, 3.63) is 53.7 Å². The van der Waals surface area contributed by atoms with E-state index in [9.17, 15) is 0 Å². The van der Waals surface area contributed by atoms with Crippen molar-refractivity contribution >= 4 is 27.4 Å². The van der Waals surface area contributed by atoms with Gasteiger partial charge in [0.05, 0.1) is 11.9 Å². The van der Waals surface area contributed by atoms with Gasteiger partial charge in [-0.25, -0.2) is 9.97 Å². The largest absolute Gasteiger partial charge is 0.356 e. The van der Waals surface area contributed by atoms with Crippen molar-refractivity contribution in [2.45, 2.75) is 25.3 Å². The Morgan fingerprint density at radius 1 is 1.10 bits per heavy atom. The van der Waals surface area contributed by atoms with Crippen LogP contribution in [0.4, 0.5) is 5.82 Å². The molecule has 8 heteroatoms. The van der Waals surface area contributed by atoms with E-state index in [1.807, 2.05) is 11.6 Å². The summed E-state index contributed by atoms with van der Waals surface area (Å²) in [6.45, 7) is 2.64. The molecule has 1 fully saturated rings. The van der Waals surface area contributed by atoms with Crippen molar-refractivity contribution < 1.29 is 0 Å². The third-order valence-corrected chi connectivity index (χ3v) is 6.78. The lowest BCUT2D eigenvalue weighted by Crippen LogP contribution is -2.34. The average molecular weight is 434 g/mol. The SMILES string of the molecule is CN(C)Cc1nc(N2CCC(c3nncn3C)CC2)c2c(-c3ccccc3)csc2n1. The molecule has 3 aromatic heterocycles. The Morgan fingerprint density at radius 2 is 1.87 bits per heavy atom. The Labute approximate surface area is 186 Å². The molecule has 0 N–H and O–H groups in total. The maximum absolute atomic E-state index is 5.08. The molecule has 0 unspecified atom stereocenters. The number of benzene rings is 1. The molecule has 0 spiro atoms. The minimum Gasteiger partial charge on any atom is -0.356 e. The quantitative estimate of drug-likeness (QED) is 0.475. The summed E-state index contributed by atoms with van der Waals surface area (Å²) in [6, 6.07) is 10.6. The van der Waals surface area contributed by atoms with Crippen molar-refractivity contribution in [3.8, 4) is 11.1 Å². The number of aromatic nitrogens is 5. The third kappa shape index (κ3) is 3.93. The van der Waals surface area contributed by atoms with Crippen LogP contribution in [0.25, 0.3) is 21.3 Å². The Bertz CT molecular complexity index is 1170. The Hall–Kier alpha value is -2.84. The molecular formula is C23H27N7S. The van der Waals surface area contributed by atoms with Gasteiger partial charge >= 0.3 is 0 Å². The van der Waals surface area contributed by atoms with Gasteiger partial charge in [0.2, 0.25) is 0 Å². The number of thiophene rings is 1. The van der Waals surface area contributed by atoms with E-state index < -0.39 is 0 Å². The van der Waals surface area contributed by atoms with Crippen molar-refractivity contribution in [3.63, 3.8) is 0 Å². The van der Waals surface area contributed by atoms with Crippen LogP contribution in [0.3, 0.4) is 0 Å². The predicted octanol–water partition coefficient (Wildman–Crippen LogP) is 3.93. The molecule has 31 heavy (non-hydrogen) atoms. The first kappa shape index (κ1) is 20.1. The van der Waals surface area contributed by atoms with Crippen molar-refractivity contribution in [2.75, 3.05) is 32.1 Å². The highest BCUT2D eigenvalue weighted by Crippen LogP contribution is 2.40. The normalized spacial score (nSPS) is 15.3. The lowest BCUT2D eigenvalue weighted by atomic mass is 9.95. The van der Waals surface area contributed by atoms with E-state index in [0.717, 1.165) is 54.8 Å². The molecule has 4 heterocycles. The van der Waals surface area contributed by atoms with Gasteiger partial charge in [-0.3, -0.25) is 0 Å². The summed E-state index contributed by atoms with van der Waals surface area (Å²) >= 11 is 1.71. The molecule has 5 rings (SSSR count). The van der Waals surface area contributed by atoms with Gasteiger partial charge < -0.3 is 14.4 Å². The Morgan fingerprint density at radius 3 is 2.55 bits per heavy atom. The van der Waals surface area contributed by atoms with E-state index in [1.54, 1.807) is 17.7 Å². The van der Waals surface area contributed by atoms with Crippen LogP contribution in [0.2, 0.25) is 0 Å². The van der Waals surface area contributed by atoms with E-state index in [2.05, 4.69) is 69.8 Å². The molecule has 0 bridgehead atoms. The van der Waals surface area contributed by atoms with Crippen molar-refractivity contribution in [1.29, 1.82) is 0 Å². The second kappa shape index (κ2) is 8.36. The topological polar surface area (TPSA) is 63.0 Å². The van der Waals surface area contributed by atoms with Gasteiger partial charge in [0.25, 0.3) is 0 Å². The fourth-order valence-electron chi connectivity index (χ4n) is 4.39. The Kier molecular flexibility index (Phi) is 5.41. The lowest BCUT2D eigenvalue weighted by molar-refractivity contribution is 0.390. The van der Waals surface area contributed by atoms with Crippen LogP contribution in [0.1, 0.15) is 30.4 Å². The summed E-state index contributed by atoms with van der Waals surface area (Å²) in [7, 11) is 6.15. The maximum Gasteiger partial charge on any atom is 0.146 e. The highest BCUT2D eigenvalue weighted by atomic mass is 32.1. The van der Waals surface area contributed by atoms with E-state index in [-0.39, 0.29) is 0 Å². The van der Waals surface area contributed by atoms with Gasteiger partial charge in [0.1, 0.15) is 28.6 Å². The number of piperidine rings is 1. The Balaban J connectivity index is 1.53. The molecule has 0 saturated carbocycles. The van der Waals surface area contributed by atoms with Crippen LogP contribution < -0.4 is 4.90 Å². The van der Waals surface area contributed by atoms with Gasteiger partial charge in [0, 0.05) is 37.0 Å². The van der Waals surface area contributed by atoms with Crippen LogP contribution in [0.15, 0.2) is 42.0 Å². The first-order valence-electron chi connectivity index (χ1n) is 10.7. The minimum absolute atomic E-state index is 0.443. The number of anilines is 1. The fourth-order valence-corrected chi connectivity index (χ4v) is 5.35. The fraction of sp³-hybridized carbons (Fsp3) is 0.391. The van der Waals surface area contributed by atoms with E-state index >= 15 is 0 Å². The minimum atomic E-state index is 0.443. The molecule has 0 atom stereocenters. The van der Waals surface area contributed by atoms with Crippen molar-refractivity contribution in [2.24, 2.45) is 7.05 Å². The second-order valence-corrected chi connectivity index (χ2v) is 9.32. The van der Waals surface area contributed by atoms with E-state index in [4.69, 9.17) is 9.97 Å². The van der Waals surface area contributed by atoms with Crippen LogP contribution in [-0.4, -0.2) is 56.8 Å². The standard InChI is InChI=1S/C23H27N7S/c1-28(2)13-19-25-22(30-11-9-17(10-12-30)21-27-24-15-29(21)3)20-18(14-31-23(20)26-19)16-7-5-4-6-8-16/h4-8,14-15,17H,9-13H2,1-3H3. The average Bonchev–Trinajstić information content (AvgIpc) is 3.40.